The third-order valence-electron chi connectivity index (χ3n) is 3.61. The number of aromatic nitrogens is 1. The molecule has 0 unspecified atom stereocenters. The maximum Gasteiger partial charge on any atom is 0.339 e. The molecule has 2 heterocycles. The number of carbonyl (C=O) groups excluding carboxylic acids is 1. The topological polar surface area (TPSA) is 67.3 Å². The number of carboxylic acid groups (broad SMARTS) is 1. The van der Waals surface area contributed by atoms with E-state index in [9.17, 15) is 14.7 Å². The normalized spacial score (nSPS) is 11.3. The number of thiophene rings is 1. The van der Waals surface area contributed by atoms with Gasteiger partial charge in [0.05, 0.1) is 0 Å². The van der Waals surface area contributed by atoms with Gasteiger partial charge in [-0.3, -0.25) is 9.78 Å². The monoisotopic (exact) mass is 349 g/mol. The number of nitrogens with zero attached hydrogens (tertiary/aromatic N) is 1. The fraction of sp³-hybridized carbons (Fsp3) is 0.0500. The number of carbonyl (C=O) groups is 2. The summed E-state index contributed by atoms with van der Waals surface area (Å²) in [4.78, 5) is 29.9. The zero-order valence-corrected chi connectivity index (χ0v) is 14.3. The number of hydrogen-bond acceptors (Lipinski definition) is 4. The summed E-state index contributed by atoms with van der Waals surface area (Å²) in [6, 6.07) is 16.0. The minimum Gasteiger partial charge on any atom is -0.478 e. The molecule has 124 valence electrons. The molecule has 25 heavy (non-hydrogen) atoms. The molecule has 0 saturated carbocycles. The summed E-state index contributed by atoms with van der Waals surface area (Å²) in [5.41, 5.74) is 2.04. The lowest BCUT2D eigenvalue weighted by atomic mass is 10.0. The molecule has 0 bridgehead atoms. The molecular weight excluding hydrogens is 334 g/mol. The number of benzene rings is 1. The molecule has 3 rings (SSSR count). The van der Waals surface area contributed by atoms with Crippen molar-refractivity contribution in [3.05, 3.63) is 82.5 Å². The lowest BCUT2D eigenvalue weighted by Crippen LogP contribution is -2.12. The van der Waals surface area contributed by atoms with Crippen LogP contribution in [0.4, 0.5) is 0 Å². The van der Waals surface area contributed by atoms with Gasteiger partial charge in [-0.15, -0.1) is 11.3 Å². The summed E-state index contributed by atoms with van der Waals surface area (Å²) in [5.74, 6) is -1.73. The Kier molecular flexibility index (Phi) is 4.86. The molecule has 0 spiro atoms. The number of ketones is 1. The van der Waals surface area contributed by atoms with Gasteiger partial charge < -0.3 is 5.11 Å². The molecule has 0 atom stereocenters. The van der Waals surface area contributed by atoms with Gasteiger partial charge in [-0.1, -0.05) is 30.3 Å². The first-order valence-corrected chi connectivity index (χ1v) is 8.44. The Morgan fingerprint density at radius 3 is 2.52 bits per heavy atom. The van der Waals surface area contributed by atoms with Gasteiger partial charge in [-0.25, -0.2) is 4.79 Å². The summed E-state index contributed by atoms with van der Waals surface area (Å²) < 4.78 is 0. The Morgan fingerprint density at radius 2 is 1.84 bits per heavy atom. The van der Waals surface area contributed by atoms with Crippen molar-refractivity contribution in [1.29, 1.82) is 0 Å². The van der Waals surface area contributed by atoms with Crippen molar-refractivity contribution in [2.75, 3.05) is 0 Å². The summed E-state index contributed by atoms with van der Waals surface area (Å²) in [6.07, 6.45) is 3.17. The van der Waals surface area contributed by atoms with Crippen molar-refractivity contribution in [2.24, 2.45) is 0 Å². The van der Waals surface area contributed by atoms with Crippen molar-refractivity contribution in [3.63, 3.8) is 0 Å². The fourth-order valence-electron chi connectivity index (χ4n) is 2.40. The Bertz CT molecular complexity index is 958. The van der Waals surface area contributed by atoms with Crippen LogP contribution in [0.25, 0.3) is 16.5 Å². The van der Waals surface area contributed by atoms with Gasteiger partial charge in [-0.05, 0) is 42.8 Å². The first-order chi connectivity index (χ1) is 12.0. The molecule has 1 N–H and O–H groups in total. The largest absolute Gasteiger partial charge is 0.478 e. The second kappa shape index (κ2) is 7.23. The molecule has 0 fully saturated rings. The van der Waals surface area contributed by atoms with Crippen molar-refractivity contribution in [2.45, 2.75) is 6.92 Å². The van der Waals surface area contributed by atoms with Crippen LogP contribution in [0.1, 0.15) is 20.9 Å². The van der Waals surface area contributed by atoms with E-state index in [4.69, 9.17) is 0 Å². The predicted octanol–water partition coefficient (Wildman–Crippen LogP) is 4.47. The Hall–Kier alpha value is -3.05. The SMILES string of the molecule is Cc1cc(-c2ccc(/C=C(\C(=O)O)C(=O)c3ccccc3)s2)ccn1. The molecule has 0 saturated heterocycles. The molecule has 2 aromatic heterocycles. The highest BCUT2D eigenvalue weighted by molar-refractivity contribution is 7.16. The second-order valence-corrected chi connectivity index (χ2v) is 6.56. The maximum absolute atomic E-state index is 12.5. The number of aliphatic carboxylic acids is 1. The molecule has 0 aliphatic carbocycles. The van der Waals surface area contributed by atoms with E-state index in [1.165, 1.54) is 17.4 Å². The van der Waals surface area contributed by atoms with Crippen LogP contribution in [0.2, 0.25) is 0 Å². The molecule has 0 aliphatic rings. The Labute approximate surface area is 149 Å². The van der Waals surface area contributed by atoms with Crippen LogP contribution in [0.15, 0.2) is 66.4 Å². The van der Waals surface area contributed by atoms with E-state index in [1.54, 1.807) is 36.5 Å². The van der Waals surface area contributed by atoms with Crippen LogP contribution >= 0.6 is 11.3 Å². The number of Topliss-reactive ketones (excluding diaryl/α,β-unsaturated/α-hetero) is 1. The molecule has 0 radical (unpaired) electrons. The second-order valence-electron chi connectivity index (χ2n) is 5.45. The molecule has 4 nitrogen and oxygen atoms in total. The fourth-order valence-corrected chi connectivity index (χ4v) is 3.34. The third kappa shape index (κ3) is 3.89. The van der Waals surface area contributed by atoms with Crippen molar-refractivity contribution >= 4 is 29.2 Å². The number of hydrogen-bond donors (Lipinski definition) is 1. The van der Waals surface area contributed by atoms with Gasteiger partial charge in [0.1, 0.15) is 5.57 Å². The van der Waals surface area contributed by atoms with Crippen LogP contribution in [0.5, 0.6) is 0 Å². The van der Waals surface area contributed by atoms with Crippen LogP contribution < -0.4 is 0 Å². The zero-order chi connectivity index (χ0) is 17.8. The zero-order valence-electron chi connectivity index (χ0n) is 13.5. The maximum atomic E-state index is 12.5. The van der Waals surface area contributed by atoms with Crippen molar-refractivity contribution in [3.8, 4) is 10.4 Å². The predicted molar refractivity (Wildman–Crippen MR) is 98.7 cm³/mol. The number of pyridine rings is 1. The van der Waals surface area contributed by atoms with E-state index in [0.717, 1.165) is 16.1 Å². The van der Waals surface area contributed by atoms with Gasteiger partial charge in [0.25, 0.3) is 0 Å². The van der Waals surface area contributed by atoms with Gasteiger partial charge in [0, 0.05) is 27.2 Å². The van der Waals surface area contributed by atoms with E-state index < -0.39 is 11.8 Å². The molecule has 0 amide bonds. The Balaban J connectivity index is 1.94. The number of aryl methyl sites for hydroxylation is 1. The van der Waals surface area contributed by atoms with Crippen LogP contribution in [0.3, 0.4) is 0 Å². The van der Waals surface area contributed by atoms with Gasteiger partial charge in [-0.2, -0.15) is 0 Å². The quantitative estimate of drug-likeness (QED) is 0.319. The minimum absolute atomic E-state index is 0.245. The number of carboxylic acids is 1. The smallest absolute Gasteiger partial charge is 0.339 e. The molecule has 5 heteroatoms. The van der Waals surface area contributed by atoms with E-state index in [1.807, 2.05) is 31.2 Å². The summed E-state index contributed by atoms with van der Waals surface area (Å²) in [7, 11) is 0. The van der Waals surface area contributed by atoms with Crippen LogP contribution in [-0.4, -0.2) is 21.8 Å². The van der Waals surface area contributed by atoms with Gasteiger partial charge in [0.2, 0.25) is 0 Å². The first-order valence-electron chi connectivity index (χ1n) is 7.62. The van der Waals surface area contributed by atoms with Gasteiger partial charge >= 0.3 is 5.97 Å². The van der Waals surface area contributed by atoms with Gasteiger partial charge in [0.15, 0.2) is 5.78 Å². The average molecular weight is 349 g/mol. The number of rotatable bonds is 5. The highest BCUT2D eigenvalue weighted by Crippen LogP contribution is 2.30. The highest BCUT2D eigenvalue weighted by atomic mass is 32.1. The molecule has 3 aromatic rings. The van der Waals surface area contributed by atoms with E-state index in [0.29, 0.717) is 10.4 Å². The summed E-state index contributed by atoms with van der Waals surface area (Å²) >= 11 is 1.43. The van der Waals surface area contributed by atoms with E-state index in [2.05, 4.69) is 4.98 Å². The summed E-state index contributed by atoms with van der Waals surface area (Å²) in [5, 5.41) is 9.43. The first kappa shape index (κ1) is 16.8. The average Bonchev–Trinajstić information content (AvgIpc) is 3.08. The highest BCUT2D eigenvalue weighted by Gasteiger charge is 2.19. The molecule has 0 aliphatic heterocycles. The lowest BCUT2D eigenvalue weighted by Gasteiger charge is -2.01. The standard InChI is InChI=1S/C20H15NO3S/c1-13-11-15(9-10-21-13)18-8-7-16(25-18)12-17(20(23)24)19(22)14-5-3-2-4-6-14/h2-12H,1H3,(H,23,24)/b17-12-. The third-order valence-corrected chi connectivity index (χ3v) is 4.69. The summed E-state index contributed by atoms with van der Waals surface area (Å²) in [6.45, 7) is 1.92. The lowest BCUT2D eigenvalue weighted by molar-refractivity contribution is -0.132. The van der Waals surface area contributed by atoms with E-state index >= 15 is 0 Å². The van der Waals surface area contributed by atoms with Crippen LogP contribution in [-0.2, 0) is 4.79 Å². The Morgan fingerprint density at radius 1 is 1.08 bits per heavy atom. The molecule has 1 aromatic carbocycles. The van der Waals surface area contributed by atoms with Crippen molar-refractivity contribution in [1.82, 2.24) is 4.98 Å². The van der Waals surface area contributed by atoms with Crippen LogP contribution in [0, 0.1) is 6.92 Å². The minimum atomic E-state index is -1.23. The molecular formula is C20H15NO3S. The van der Waals surface area contributed by atoms with E-state index in [-0.39, 0.29) is 5.57 Å². The van der Waals surface area contributed by atoms with Crippen molar-refractivity contribution < 1.29 is 14.7 Å².